The molecule has 3 aromatic heterocycles. The number of carbonyl (C=O) groups is 2. The zero-order chi connectivity index (χ0) is 37.0. The molecule has 1 aromatic carbocycles. The summed E-state index contributed by atoms with van der Waals surface area (Å²) in [5.74, 6) is -0.796. The number of hydrogen-bond acceptors (Lipinski definition) is 9. The second kappa shape index (κ2) is 14.1. The summed E-state index contributed by atoms with van der Waals surface area (Å²) in [5, 5.41) is 3.18. The highest BCUT2D eigenvalue weighted by molar-refractivity contribution is 6.07. The van der Waals surface area contributed by atoms with Gasteiger partial charge in [-0.1, -0.05) is 0 Å². The first kappa shape index (κ1) is 35.0. The lowest BCUT2D eigenvalue weighted by Gasteiger charge is -2.50. The van der Waals surface area contributed by atoms with Crippen molar-refractivity contribution in [2.45, 2.75) is 77.7 Å². The van der Waals surface area contributed by atoms with Gasteiger partial charge in [0.15, 0.2) is 0 Å². The molecule has 0 spiro atoms. The zero-order valence-corrected chi connectivity index (χ0v) is 30.7. The molecule has 0 radical (unpaired) electrons. The number of fused-ring (bicyclic) bond motifs is 3. The second-order valence-corrected chi connectivity index (χ2v) is 14.9. The molecule has 4 aromatic rings. The fourth-order valence-corrected chi connectivity index (χ4v) is 8.47. The molecule has 1 amide bonds. The number of amides is 1. The Morgan fingerprint density at radius 3 is 2.58 bits per heavy atom. The lowest BCUT2D eigenvalue weighted by molar-refractivity contribution is -0.142. The number of ether oxygens (including phenoxy) is 2. The van der Waals surface area contributed by atoms with Gasteiger partial charge in [-0.25, -0.2) is 9.37 Å². The van der Waals surface area contributed by atoms with Gasteiger partial charge in [0.1, 0.15) is 29.6 Å². The first-order valence-electron chi connectivity index (χ1n) is 18.6. The number of halogens is 1. The van der Waals surface area contributed by atoms with E-state index in [1.165, 1.54) is 34.9 Å². The number of piperazine rings is 1. The third-order valence-corrected chi connectivity index (χ3v) is 11.3. The van der Waals surface area contributed by atoms with Crippen LogP contribution in [0.2, 0.25) is 0 Å². The van der Waals surface area contributed by atoms with E-state index in [0.717, 1.165) is 57.7 Å². The topological polar surface area (TPSA) is 114 Å². The molecule has 1 aliphatic carbocycles. The van der Waals surface area contributed by atoms with Crippen molar-refractivity contribution in [3.63, 3.8) is 0 Å². The van der Waals surface area contributed by atoms with Gasteiger partial charge in [0.25, 0.3) is 11.5 Å². The number of anilines is 4. The smallest absolute Gasteiger partial charge is 0.302 e. The molecule has 2 fully saturated rings. The Kier molecular flexibility index (Phi) is 9.32. The van der Waals surface area contributed by atoms with Crippen LogP contribution in [-0.4, -0.2) is 81.9 Å². The molecule has 2 saturated heterocycles. The van der Waals surface area contributed by atoms with Crippen LogP contribution in [0.3, 0.4) is 0 Å². The van der Waals surface area contributed by atoms with E-state index < -0.39 is 11.8 Å². The number of esters is 1. The van der Waals surface area contributed by atoms with E-state index in [4.69, 9.17) is 9.47 Å². The molecule has 13 heteroatoms. The summed E-state index contributed by atoms with van der Waals surface area (Å²) < 4.78 is 30.1. The third-order valence-electron chi connectivity index (χ3n) is 11.3. The molecular weight excluding hydrogens is 677 g/mol. The standard InChI is InChI=1S/C40H46FN7O5/c1-24-19-48(31-21-52-22-31)25(2)18-47(24)30-9-10-38(42-17-30)43-34-13-28(20-44(4)39(34)50)32-15-29(41)16-36(33(32)23-53-26(3)49)46-12-11-45-35-8-6-5-7-27(35)14-37(45)40(46)51/h9-10,13-17,20,24-25,31H,5-8,11-12,18-19,21-23H2,1-4H3,(H,42,43). The summed E-state index contributed by atoms with van der Waals surface area (Å²) >= 11 is 0. The number of benzene rings is 1. The minimum absolute atomic E-state index is 0.185. The van der Waals surface area contributed by atoms with Crippen molar-refractivity contribution >= 4 is 34.8 Å². The number of hydrogen-bond donors (Lipinski definition) is 1. The van der Waals surface area contributed by atoms with Crippen molar-refractivity contribution in [3.05, 3.63) is 87.5 Å². The average molecular weight is 724 g/mol. The highest BCUT2D eigenvalue weighted by Gasteiger charge is 2.37. The fourth-order valence-electron chi connectivity index (χ4n) is 8.47. The van der Waals surface area contributed by atoms with E-state index in [2.05, 4.69) is 38.5 Å². The van der Waals surface area contributed by atoms with Gasteiger partial charge in [-0.05, 0) is 87.1 Å². The Morgan fingerprint density at radius 1 is 1.04 bits per heavy atom. The molecule has 53 heavy (non-hydrogen) atoms. The minimum atomic E-state index is -0.555. The molecule has 1 N–H and O–H groups in total. The van der Waals surface area contributed by atoms with Crippen molar-refractivity contribution in [1.82, 2.24) is 19.0 Å². The largest absolute Gasteiger partial charge is 0.461 e. The number of aryl methyl sites for hydroxylation is 2. The number of rotatable bonds is 8. The minimum Gasteiger partial charge on any atom is -0.461 e. The van der Waals surface area contributed by atoms with E-state index in [1.807, 2.05) is 24.4 Å². The van der Waals surface area contributed by atoms with Crippen LogP contribution in [0, 0.1) is 5.82 Å². The molecule has 4 aliphatic rings. The maximum absolute atomic E-state index is 15.7. The summed E-state index contributed by atoms with van der Waals surface area (Å²) in [4.78, 5) is 50.7. The molecular formula is C40H46FN7O5. The lowest BCUT2D eigenvalue weighted by Crippen LogP contribution is -2.63. The van der Waals surface area contributed by atoms with Gasteiger partial charge in [-0.15, -0.1) is 0 Å². The van der Waals surface area contributed by atoms with Crippen molar-refractivity contribution in [2.75, 3.05) is 48.0 Å². The van der Waals surface area contributed by atoms with E-state index in [0.29, 0.717) is 65.1 Å². The molecule has 0 bridgehead atoms. The Balaban J connectivity index is 1.09. The van der Waals surface area contributed by atoms with Crippen LogP contribution in [0.15, 0.2) is 53.6 Å². The summed E-state index contributed by atoms with van der Waals surface area (Å²) in [5.41, 5.74) is 5.69. The molecule has 2 unspecified atom stereocenters. The van der Waals surface area contributed by atoms with Gasteiger partial charge in [0.05, 0.1) is 36.8 Å². The van der Waals surface area contributed by atoms with Crippen LogP contribution >= 0.6 is 0 Å². The maximum Gasteiger partial charge on any atom is 0.302 e. The van der Waals surface area contributed by atoms with E-state index in [9.17, 15) is 14.4 Å². The first-order chi connectivity index (χ1) is 25.5. The number of nitrogens with one attached hydrogen (secondary N) is 1. The Bertz CT molecular complexity index is 2120. The van der Waals surface area contributed by atoms with Crippen LogP contribution < -0.4 is 20.7 Å². The Hall–Kier alpha value is -5.01. The molecule has 2 atom stereocenters. The molecule has 3 aliphatic heterocycles. The van der Waals surface area contributed by atoms with Crippen LogP contribution in [0.5, 0.6) is 0 Å². The summed E-state index contributed by atoms with van der Waals surface area (Å²) in [6, 6.07) is 11.3. The summed E-state index contributed by atoms with van der Waals surface area (Å²) in [6.07, 6.45) is 7.52. The lowest BCUT2D eigenvalue weighted by atomic mass is 9.97. The second-order valence-electron chi connectivity index (χ2n) is 14.9. The van der Waals surface area contributed by atoms with Gasteiger partial charge in [0.2, 0.25) is 0 Å². The molecule has 278 valence electrons. The number of pyridine rings is 2. The Labute approximate surface area is 308 Å². The van der Waals surface area contributed by atoms with Crippen molar-refractivity contribution in [2.24, 2.45) is 7.05 Å². The predicted octanol–water partition coefficient (Wildman–Crippen LogP) is 5.03. The third kappa shape index (κ3) is 6.61. The SMILES string of the molecule is CC(=O)OCc1c(-c2cc(Nc3ccc(N4CC(C)N(C5COC5)CC4C)cn3)c(=O)n(C)c2)cc(F)cc1N1CCn2c(cc3c2CCCC3)C1=O. The van der Waals surface area contributed by atoms with E-state index in [-0.39, 0.29) is 23.8 Å². The van der Waals surface area contributed by atoms with Gasteiger partial charge < -0.3 is 33.7 Å². The van der Waals surface area contributed by atoms with Crippen molar-refractivity contribution in [3.8, 4) is 11.1 Å². The number of nitrogens with zero attached hydrogens (tertiary/aromatic N) is 6. The summed E-state index contributed by atoms with van der Waals surface area (Å²) in [6.45, 7) is 9.92. The van der Waals surface area contributed by atoms with Gasteiger partial charge in [-0.2, -0.15) is 0 Å². The van der Waals surface area contributed by atoms with E-state index in [1.54, 1.807) is 24.2 Å². The van der Waals surface area contributed by atoms with Gasteiger partial charge in [0, 0.05) is 75.3 Å². The Morgan fingerprint density at radius 2 is 1.85 bits per heavy atom. The first-order valence-corrected chi connectivity index (χ1v) is 18.6. The fraction of sp³-hybridized carbons (Fsp3) is 0.450. The van der Waals surface area contributed by atoms with Crippen LogP contribution in [0.4, 0.5) is 27.3 Å². The highest BCUT2D eigenvalue weighted by atomic mass is 19.1. The molecule has 0 saturated carbocycles. The number of aromatic nitrogens is 3. The summed E-state index contributed by atoms with van der Waals surface area (Å²) in [7, 11) is 1.63. The normalized spacial score (nSPS) is 20.5. The monoisotopic (exact) mass is 723 g/mol. The van der Waals surface area contributed by atoms with Crippen molar-refractivity contribution in [1.29, 1.82) is 0 Å². The molecule has 6 heterocycles. The predicted molar refractivity (Wildman–Crippen MR) is 200 cm³/mol. The van der Waals surface area contributed by atoms with Gasteiger partial charge in [-0.3, -0.25) is 19.3 Å². The van der Waals surface area contributed by atoms with Crippen LogP contribution in [0.25, 0.3) is 11.1 Å². The zero-order valence-electron chi connectivity index (χ0n) is 30.7. The van der Waals surface area contributed by atoms with Crippen LogP contribution in [0.1, 0.15) is 60.9 Å². The van der Waals surface area contributed by atoms with Crippen LogP contribution in [-0.2, 0) is 47.3 Å². The molecule has 8 rings (SSSR count). The number of carbonyl (C=O) groups excluding carboxylic acids is 2. The average Bonchev–Trinajstić information content (AvgIpc) is 3.50. The maximum atomic E-state index is 15.7. The molecule has 12 nitrogen and oxygen atoms in total. The van der Waals surface area contributed by atoms with E-state index >= 15 is 4.39 Å². The quantitative estimate of drug-likeness (QED) is 0.250. The van der Waals surface area contributed by atoms with Crippen molar-refractivity contribution < 1.29 is 23.5 Å². The van der Waals surface area contributed by atoms with Gasteiger partial charge >= 0.3 is 5.97 Å². The highest BCUT2D eigenvalue weighted by Crippen LogP contribution is 2.37.